The smallest absolute Gasteiger partial charge is 0.163 e. The zero-order valence-corrected chi connectivity index (χ0v) is 16.1. The molecule has 0 spiro atoms. The molecule has 0 saturated carbocycles. The molecule has 0 aromatic heterocycles. The Morgan fingerprint density at radius 1 is 0.960 bits per heavy atom. The van der Waals surface area contributed by atoms with Crippen LogP contribution in [0, 0.1) is 0 Å². The average molecular weight is 405 g/mol. The molecule has 0 radical (unpaired) electrons. The van der Waals surface area contributed by atoms with Crippen molar-refractivity contribution in [3.05, 3.63) is 56.5 Å². The maximum atomic E-state index is 8.85. The number of nitrogens with one attached hydrogen (secondary N) is 1. The molecule has 0 aliphatic heterocycles. The van der Waals surface area contributed by atoms with E-state index < -0.39 is 0 Å². The first-order valence-electron chi connectivity index (χ1n) is 7.88. The van der Waals surface area contributed by atoms with Gasteiger partial charge in [0.25, 0.3) is 0 Å². The molecule has 7 heteroatoms. The van der Waals surface area contributed by atoms with Crippen molar-refractivity contribution in [2.24, 2.45) is 0 Å². The molecule has 25 heavy (non-hydrogen) atoms. The topological polar surface area (TPSA) is 50.7 Å². The van der Waals surface area contributed by atoms with Crippen molar-refractivity contribution in [1.29, 1.82) is 0 Å². The Labute approximate surface area is 162 Å². The normalized spacial score (nSPS) is 10.8. The van der Waals surface area contributed by atoms with Crippen LogP contribution in [0.2, 0.25) is 15.1 Å². The standard InChI is InChI=1S/C18H20Cl3NO3/c1-2-24-17-8-13(10-22-5-6-23)15(20)9-18(17)25-11-12-3-4-14(19)16(21)7-12/h3-4,7-9,22-23H,2,5-6,10-11H2,1H3. The van der Waals surface area contributed by atoms with Gasteiger partial charge in [-0.3, -0.25) is 0 Å². The lowest BCUT2D eigenvalue weighted by Crippen LogP contribution is -2.17. The van der Waals surface area contributed by atoms with Gasteiger partial charge in [0.2, 0.25) is 0 Å². The molecule has 0 aliphatic rings. The van der Waals surface area contributed by atoms with E-state index in [4.69, 9.17) is 49.4 Å². The maximum absolute atomic E-state index is 8.85. The van der Waals surface area contributed by atoms with Crippen molar-refractivity contribution in [3.63, 3.8) is 0 Å². The van der Waals surface area contributed by atoms with Gasteiger partial charge in [-0.25, -0.2) is 0 Å². The number of ether oxygens (including phenoxy) is 2. The molecule has 0 atom stereocenters. The van der Waals surface area contributed by atoms with Crippen LogP contribution in [-0.4, -0.2) is 24.9 Å². The van der Waals surface area contributed by atoms with Gasteiger partial charge in [0.1, 0.15) is 6.61 Å². The van der Waals surface area contributed by atoms with E-state index in [1.807, 2.05) is 19.1 Å². The molecule has 0 saturated heterocycles. The van der Waals surface area contributed by atoms with Gasteiger partial charge in [0.05, 0.1) is 23.3 Å². The van der Waals surface area contributed by atoms with Crippen LogP contribution in [0.5, 0.6) is 11.5 Å². The molecule has 2 aromatic carbocycles. The third kappa shape index (κ3) is 5.94. The molecule has 0 fully saturated rings. The number of halogens is 3. The van der Waals surface area contributed by atoms with Crippen LogP contribution in [-0.2, 0) is 13.2 Å². The van der Waals surface area contributed by atoms with Gasteiger partial charge in [-0.2, -0.15) is 0 Å². The fourth-order valence-corrected chi connectivity index (χ4v) is 2.73. The second-order valence-corrected chi connectivity index (χ2v) is 6.48. The van der Waals surface area contributed by atoms with Crippen molar-refractivity contribution in [2.45, 2.75) is 20.1 Å². The summed E-state index contributed by atoms with van der Waals surface area (Å²) in [6.45, 7) is 3.83. The SMILES string of the molecule is CCOc1cc(CNCCO)c(Cl)cc1OCc1ccc(Cl)c(Cl)c1. The molecular weight excluding hydrogens is 385 g/mol. The van der Waals surface area contributed by atoms with Gasteiger partial charge < -0.3 is 19.9 Å². The summed E-state index contributed by atoms with van der Waals surface area (Å²) in [5.41, 5.74) is 1.77. The van der Waals surface area contributed by atoms with Crippen LogP contribution in [0.1, 0.15) is 18.1 Å². The summed E-state index contributed by atoms with van der Waals surface area (Å²) in [4.78, 5) is 0. The lowest BCUT2D eigenvalue weighted by atomic mass is 10.2. The molecule has 0 unspecified atom stereocenters. The van der Waals surface area contributed by atoms with Gasteiger partial charge in [0.15, 0.2) is 11.5 Å². The van der Waals surface area contributed by atoms with Crippen LogP contribution < -0.4 is 14.8 Å². The first kappa shape index (κ1) is 20.1. The van der Waals surface area contributed by atoms with Crippen molar-refractivity contribution in [2.75, 3.05) is 19.8 Å². The summed E-state index contributed by atoms with van der Waals surface area (Å²) in [5, 5.41) is 13.5. The van der Waals surface area contributed by atoms with Gasteiger partial charge in [-0.05, 0) is 36.2 Å². The van der Waals surface area contributed by atoms with E-state index in [0.717, 1.165) is 11.1 Å². The Bertz CT molecular complexity index is 710. The lowest BCUT2D eigenvalue weighted by molar-refractivity contribution is 0.269. The van der Waals surface area contributed by atoms with E-state index in [1.165, 1.54) is 0 Å². The van der Waals surface area contributed by atoms with E-state index in [2.05, 4.69) is 5.32 Å². The van der Waals surface area contributed by atoms with Gasteiger partial charge in [-0.1, -0.05) is 40.9 Å². The molecule has 2 rings (SSSR count). The molecule has 0 bridgehead atoms. The molecule has 4 nitrogen and oxygen atoms in total. The van der Waals surface area contributed by atoms with Crippen LogP contribution in [0.4, 0.5) is 0 Å². The number of rotatable bonds is 9. The number of benzene rings is 2. The highest BCUT2D eigenvalue weighted by molar-refractivity contribution is 6.42. The molecule has 0 heterocycles. The predicted octanol–water partition coefficient (Wildman–Crippen LogP) is 4.71. The molecule has 0 amide bonds. The van der Waals surface area contributed by atoms with E-state index in [1.54, 1.807) is 18.2 Å². The van der Waals surface area contributed by atoms with E-state index in [-0.39, 0.29) is 6.61 Å². The van der Waals surface area contributed by atoms with Crippen molar-refractivity contribution in [1.82, 2.24) is 5.32 Å². The molecule has 0 aliphatic carbocycles. The highest BCUT2D eigenvalue weighted by Gasteiger charge is 2.12. The quantitative estimate of drug-likeness (QED) is 0.594. The first-order valence-corrected chi connectivity index (χ1v) is 9.02. The number of aliphatic hydroxyl groups excluding tert-OH is 1. The second-order valence-electron chi connectivity index (χ2n) is 5.26. The van der Waals surface area contributed by atoms with E-state index in [0.29, 0.717) is 52.9 Å². The molecule has 2 aromatic rings. The fraction of sp³-hybridized carbons (Fsp3) is 0.333. The van der Waals surface area contributed by atoms with E-state index >= 15 is 0 Å². The van der Waals surface area contributed by atoms with Crippen molar-refractivity contribution < 1.29 is 14.6 Å². The number of aliphatic hydroxyl groups is 1. The molecule has 2 N–H and O–H groups in total. The Morgan fingerprint density at radius 2 is 1.72 bits per heavy atom. The first-order chi connectivity index (χ1) is 12.0. The van der Waals surface area contributed by atoms with Crippen molar-refractivity contribution >= 4 is 34.8 Å². The van der Waals surface area contributed by atoms with Crippen LogP contribution in [0.25, 0.3) is 0 Å². The Morgan fingerprint density at radius 3 is 2.40 bits per heavy atom. The summed E-state index contributed by atoms with van der Waals surface area (Å²) in [6.07, 6.45) is 0. The highest BCUT2D eigenvalue weighted by atomic mass is 35.5. The monoisotopic (exact) mass is 403 g/mol. The van der Waals surface area contributed by atoms with Crippen LogP contribution >= 0.6 is 34.8 Å². The minimum atomic E-state index is 0.0702. The third-order valence-corrected chi connectivity index (χ3v) is 4.49. The van der Waals surface area contributed by atoms with Gasteiger partial charge >= 0.3 is 0 Å². The van der Waals surface area contributed by atoms with Crippen LogP contribution in [0.15, 0.2) is 30.3 Å². The zero-order valence-electron chi connectivity index (χ0n) is 13.8. The summed E-state index contributed by atoms with van der Waals surface area (Å²) < 4.78 is 11.5. The minimum Gasteiger partial charge on any atom is -0.490 e. The summed E-state index contributed by atoms with van der Waals surface area (Å²) in [5.74, 6) is 1.18. The van der Waals surface area contributed by atoms with Gasteiger partial charge in [0, 0.05) is 24.2 Å². The van der Waals surface area contributed by atoms with Gasteiger partial charge in [-0.15, -0.1) is 0 Å². The largest absolute Gasteiger partial charge is 0.490 e. The average Bonchev–Trinajstić information content (AvgIpc) is 2.59. The van der Waals surface area contributed by atoms with Crippen molar-refractivity contribution in [3.8, 4) is 11.5 Å². The summed E-state index contributed by atoms with van der Waals surface area (Å²) >= 11 is 18.3. The highest BCUT2D eigenvalue weighted by Crippen LogP contribution is 2.34. The minimum absolute atomic E-state index is 0.0702. The maximum Gasteiger partial charge on any atom is 0.163 e. The second kappa shape index (κ2) is 10.1. The summed E-state index contributed by atoms with van der Waals surface area (Å²) in [6, 6.07) is 8.93. The third-order valence-electron chi connectivity index (χ3n) is 3.39. The van der Waals surface area contributed by atoms with Crippen LogP contribution in [0.3, 0.4) is 0 Å². The Kier molecular flexibility index (Phi) is 8.13. The Hall–Kier alpha value is -1.17. The number of hydrogen-bond acceptors (Lipinski definition) is 4. The number of hydrogen-bond donors (Lipinski definition) is 2. The lowest BCUT2D eigenvalue weighted by Gasteiger charge is -2.15. The predicted molar refractivity (Wildman–Crippen MR) is 102 cm³/mol. The molecular formula is C18H20Cl3NO3. The zero-order chi connectivity index (χ0) is 18.2. The van der Waals surface area contributed by atoms with E-state index in [9.17, 15) is 0 Å². The Balaban J connectivity index is 2.14. The fourth-order valence-electron chi connectivity index (χ4n) is 2.19. The summed E-state index contributed by atoms with van der Waals surface area (Å²) in [7, 11) is 0. The molecule has 136 valence electrons.